The van der Waals surface area contributed by atoms with Gasteiger partial charge in [-0.05, 0) is 18.5 Å². The Morgan fingerprint density at radius 2 is 2.12 bits per heavy atom. The maximum absolute atomic E-state index is 13.0. The number of oxime groups is 1. The lowest BCUT2D eigenvalue weighted by atomic mass is 10.0. The normalized spacial score (nSPS) is 20.9. The quantitative estimate of drug-likeness (QED) is 0.148. The Bertz CT molecular complexity index is 1060. The summed E-state index contributed by atoms with van der Waals surface area (Å²) >= 11 is 2.37. The van der Waals surface area contributed by atoms with Gasteiger partial charge in [0.2, 0.25) is 6.10 Å². The van der Waals surface area contributed by atoms with Crippen LogP contribution >= 0.6 is 23.1 Å². The number of hydrogen-bond acceptors (Lipinski definition) is 11. The molecule has 1 aromatic heterocycles. The number of rotatable bonds is 11. The van der Waals surface area contributed by atoms with Crippen LogP contribution in [-0.2, 0) is 24.0 Å². The number of thioether (sulfide) groups is 1. The van der Waals surface area contributed by atoms with E-state index in [1.807, 2.05) is 6.92 Å². The molecule has 1 aromatic rings. The molecule has 0 radical (unpaired) electrons. The highest BCUT2D eigenvalue weighted by Crippen LogP contribution is 2.40. The molecule has 2 aliphatic rings. The summed E-state index contributed by atoms with van der Waals surface area (Å²) in [6.45, 7) is 4.44. The van der Waals surface area contributed by atoms with E-state index in [0.29, 0.717) is 24.4 Å². The number of aromatic nitrogens is 1. The average molecular weight is 513 g/mol. The van der Waals surface area contributed by atoms with E-state index in [1.54, 1.807) is 6.92 Å². The number of nitrogens with one attached hydrogen (secondary N) is 2. The molecule has 0 bridgehead atoms. The number of β-lactam (4-membered cyclic amide) rings is 1. The third-order valence-electron chi connectivity index (χ3n) is 5.02. The third-order valence-corrected chi connectivity index (χ3v) is 7.04. The second-order valence-corrected chi connectivity index (χ2v) is 9.24. The molecule has 6 N–H and O–H groups in total. The summed E-state index contributed by atoms with van der Waals surface area (Å²) in [7, 11) is 0. The highest BCUT2D eigenvalue weighted by Gasteiger charge is 2.54. The molecule has 15 heteroatoms. The van der Waals surface area contributed by atoms with Gasteiger partial charge in [-0.3, -0.25) is 14.5 Å². The zero-order valence-electron chi connectivity index (χ0n) is 18.3. The van der Waals surface area contributed by atoms with Gasteiger partial charge in [-0.25, -0.2) is 14.6 Å². The van der Waals surface area contributed by atoms with Crippen LogP contribution in [0.25, 0.3) is 0 Å². The van der Waals surface area contributed by atoms with Crippen molar-refractivity contribution in [3.8, 4) is 0 Å². The van der Waals surface area contributed by atoms with Crippen molar-refractivity contribution in [3.63, 3.8) is 0 Å². The Morgan fingerprint density at radius 1 is 1.38 bits per heavy atom. The molecule has 2 aliphatic heterocycles. The van der Waals surface area contributed by atoms with Gasteiger partial charge < -0.3 is 31.4 Å². The minimum absolute atomic E-state index is 0.0548. The van der Waals surface area contributed by atoms with E-state index in [2.05, 4.69) is 20.8 Å². The molecule has 2 amide bonds. The highest BCUT2D eigenvalue weighted by molar-refractivity contribution is 8.00. The van der Waals surface area contributed by atoms with Gasteiger partial charge in [0.1, 0.15) is 22.8 Å². The van der Waals surface area contributed by atoms with Gasteiger partial charge in [-0.15, -0.1) is 23.1 Å². The second-order valence-electron chi connectivity index (χ2n) is 7.25. The lowest BCUT2D eigenvalue weighted by Gasteiger charge is -2.49. The van der Waals surface area contributed by atoms with Gasteiger partial charge in [-0.2, -0.15) is 0 Å². The van der Waals surface area contributed by atoms with E-state index in [1.165, 1.54) is 22.0 Å². The number of aliphatic carboxylic acids is 2. The van der Waals surface area contributed by atoms with E-state index in [0.717, 1.165) is 11.3 Å². The Balaban J connectivity index is 1.80. The van der Waals surface area contributed by atoms with Crippen molar-refractivity contribution in [1.29, 1.82) is 0 Å². The molecule has 0 aliphatic carbocycles. The van der Waals surface area contributed by atoms with Crippen molar-refractivity contribution in [2.45, 2.75) is 37.8 Å². The van der Waals surface area contributed by atoms with Crippen LogP contribution in [0.15, 0.2) is 21.8 Å². The van der Waals surface area contributed by atoms with Crippen LogP contribution in [0.3, 0.4) is 0 Å². The Labute approximate surface area is 202 Å². The summed E-state index contributed by atoms with van der Waals surface area (Å²) in [5.41, 5.74) is 5.85. The number of amides is 2. The van der Waals surface area contributed by atoms with Crippen molar-refractivity contribution in [1.82, 2.24) is 20.5 Å². The van der Waals surface area contributed by atoms with Crippen LogP contribution in [0.2, 0.25) is 0 Å². The average Bonchev–Trinajstić information content (AvgIpc) is 3.23. The van der Waals surface area contributed by atoms with Crippen LogP contribution in [0.5, 0.6) is 0 Å². The first-order valence-corrected chi connectivity index (χ1v) is 12.2. The predicted octanol–water partition coefficient (Wildman–Crippen LogP) is -0.343. The van der Waals surface area contributed by atoms with Gasteiger partial charge in [0, 0.05) is 17.7 Å². The molecule has 1 fully saturated rings. The number of carboxylic acids is 2. The largest absolute Gasteiger partial charge is 0.478 e. The summed E-state index contributed by atoms with van der Waals surface area (Å²) in [4.78, 5) is 59.1. The summed E-state index contributed by atoms with van der Waals surface area (Å²) < 4.78 is 0. The van der Waals surface area contributed by atoms with E-state index < -0.39 is 41.3 Å². The minimum atomic E-state index is -1.29. The van der Waals surface area contributed by atoms with Crippen LogP contribution in [0.4, 0.5) is 5.13 Å². The molecule has 3 atom stereocenters. The zero-order valence-corrected chi connectivity index (χ0v) is 19.9. The van der Waals surface area contributed by atoms with Crippen LogP contribution in [0.1, 0.15) is 26.0 Å². The molecule has 184 valence electrons. The fraction of sp³-hybridized carbons (Fsp3) is 0.474. The monoisotopic (exact) mass is 512 g/mol. The molecule has 2 unspecified atom stereocenters. The predicted molar refractivity (Wildman–Crippen MR) is 124 cm³/mol. The first kappa shape index (κ1) is 25.5. The molecule has 0 aromatic carbocycles. The molecule has 3 rings (SSSR count). The first-order chi connectivity index (χ1) is 16.2. The number of hydrogen-bond donors (Lipinski definition) is 5. The van der Waals surface area contributed by atoms with Crippen molar-refractivity contribution in [2.24, 2.45) is 5.16 Å². The molecule has 34 heavy (non-hydrogen) atoms. The number of nitrogen functional groups attached to an aromatic ring is 1. The Morgan fingerprint density at radius 3 is 2.68 bits per heavy atom. The number of carbonyl (C=O) groups is 4. The van der Waals surface area contributed by atoms with Crippen LogP contribution in [0, 0.1) is 0 Å². The molecule has 1 saturated heterocycles. The van der Waals surface area contributed by atoms with Crippen molar-refractivity contribution in [3.05, 3.63) is 22.3 Å². The molecule has 0 spiro atoms. The van der Waals surface area contributed by atoms with Crippen LogP contribution in [-0.4, -0.2) is 85.9 Å². The van der Waals surface area contributed by atoms with Gasteiger partial charge in [-0.1, -0.05) is 19.0 Å². The smallest absolute Gasteiger partial charge is 0.352 e. The fourth-order valence-electron chi connectivity index (χ4n) is 3.32. The summed E-state index contributed by atoms with van der Waals surface area (Å²) in [6, 6.07) is -1.00. The minimum Gasteiger partial charge on any atom is -0.478 e. The summed E-state index contributed by atoms with van der Waals surface area (Å²) in [5, 5.41) is 29.1. The second kappa shape index (κ2) is 10.8. The van der Waals surface area contributed by atoms with E-state index in [9.17, 15) is 24.3 Å². The van der Waals surface area contributed by atoms with E-state index >= 15 is 0 Å². The van der Waals surface area contributed by atoms with Gasteiger partial charge in [0.15, 0.2) is 10.8 Å². The number of fused-ring (bicyclic) bond motifs is 1. The Hall–Kier alpha value is -3.17. The number of carboxylic acid groups (broad SMARTS) is 2. The number of likely N-dealkylation sites (N-methyl/N-ethyl adjacent to an activating group) is 1. The first-order valence-electron chi connectivity index (χ1n) is 10.3. The lowest BCUT2D eigenvalue weighted by molar-refractivity contribution is -0.151. The van der Waals surface area contributed by atoms with E-state index in [4.69, 9.17) is 15.7 Å². The fourth-order valence-corrected chi connectivity index (χ4v) is 5.21. The van der Waals surface area contributed by atoms with Crippen molar-refractivity contribution >= 4 is 57.7 Å². The maximum Gasteiger partial charge on any atom is 0.352 e. The van der Waals surface area contributed by atoms with Crippen molar-refractivity contribution in [2.75, 3.05) is 24.6 Å². The topological polar surface area (TPSA) is 197 Å². The summed E-state index contributed by atoms with van der Waals surface area (Å²) in [6.07, 6.45) is -1.19. The maximum atomic E-state index is 13.0. The van der Waals surface area contributed by atoms with Crippen LogP contribution < -0.4 is 16.4 Å². The number of nitrogens with two attached hydrogens (primary N) is 1. The number of nitrogens with zero attached hydrogens (tertiary/aromatic N) is 3. The molecule has 3 heterocycles. The molecular formula is C19H24N6O7S2. The summed E-state index contributed by atoms with van der Waals surface area (Å²) in [5.74, 6) is -3.51. The van der Waals surface area contributed by atoms with Gasteiger partial charge in [0.05, 0.1) is 0 Å². The van der Waals surface area contributed by atoms with Gasteiger partial charge >= 0.3 is 11.9 Å². The van der Waals surface area contributed by atoms with Crippen molar-refractivity contribution < 1.29 is 34.2 Å². The SMILES string of the molecule is CCNCC1=C(C(=O)O)N2C(=O)C(NC(=O)C(=NOC(CC)C(=O)O)c3csc(N)n3)[C@@H]2SC1. The standard InChI is InChI=1S/C19H24N6O7S2/c1-3-10(17(28)29)32-24-11(9-7-34-19(20)22-9)14(26)23-12-15(27)25-13(18(30)31)8(5-21-4-2)6-33-16(12)25/h7,10,12,16,21H,3-6H2,1-2H3,(H2,20,22)(H,23,26)(H,28,29)(H,30,31)/t10?,12?,16-/m0/s1. The molecule has 13 nitrogen and oxygen atoms in total. The highest BCUT2D eigenvalue weighted by atomic mass is 32.2. The number of thiazole rings is 1. The molecular weight excluding hydrogens is 488 g/mol. The molecule has 0 saturated carbocycles. The number of carbonyl (C=O) groups excluding carboxylic acids is 2. The lowest BCUT2D eigenvalue weighted by Crippen LogP contribution is -2.71. The Kier molecular flexibility index (Phi) is 8.11. The number of anilines is 1. The van der Waals surface area contributed by atoms with Gasteiger partial charge in [0.25, 0.3) is 11.8 Å². The zero-order chi connectivity index (χ0) is 25.0. The van der Waals surface area contributed by atoms with E-state index in [-0.39, 0.29) is 28.7 Å². The third kappa shape index (κ3) is 5.15.